The molecule has 0 saturated heterocycles. The molecule has 10 rings (SSSR count). The molecule has 7 aromatic carbocycles. The second-order valence-electron chi connectivity index (χ2n) is 13.4. The standard InChI is InChI=1S/C46H32N2O/c1-29-23-25-42-36(27-29)37-28-30(2)24-26-43(37)48(42)46(38-19-9-6-15-32(38)33-16-7-10-20-39(33)46)40-21-12-18-35-44(40)47(31-13-4-3-5-14-31)41-22-11-8-17-34(41)45(35)49/h3-28H,1-2H3. The molecule has 0 aliphatic heterocycles. The molecule has 0 fully saturated rings. The fraction of sp³-hybridized carbons (Fsp3) is 0.0652. The van der Waals surface area contributed by atoms with Gasteiger partial charge in [0.15, 0.2) is 5.43 Å². The Labute approximate surface area is 283 Å². The van der Waals surface area contributed by atoms with Crippen molar-refractivity contribution in [1.29, 1.82) is 0 Å². The van der Waals surface area contributed by atoms with Crippen molar-refractivity contribution in [2.24, 2.45) is 0 Å². The number of benzene rings is 7. The molecule has 0 spiro atoms. The van der Waals surface area contributed by atoms with Crippen LogP contribution >= 0.6 is 0 Å². The molecule has 0 amide bonds. The molecule has 3 heteroatoms. The maximum atomic E-state index is 14.6. The highest BCUT2D eigenvalue weighted by molar-refractivity contribution is 6.10. The lowest BCUT2D eigenvalue weighted by atomic mass is 9.78. The predicted molar refractivity (Wildman–Crippen MR) is 203 cm³/mol. The van der Waals surface area contributed by atoms with Crippen LogP contribution in [-0.4, -0.2) is 9.13 Å². The molecule has 1 aliphatic rings. The lowest BCUT2D eigenvalue weighted by Crippen LogP contribution is -2.36. The summed E-state index contributed by atoms with van der Waals surface area (Å²) in [6.45, 7) is 4.34. The van der Waals surface area contributed by atoms with Gasteiger partial charge in [0.2, 0.25) is 0 Å². The zero-order valence-corrected chi connectivity index (χ0v) is 27.3. The first-order valence-corrected chi connectivity index (χ1v) is 16.9. The van der Waals surface area contributed by atoms with Gasteiger partial charge in [-0.15, -0.1) is 0 Å². The summed E-state index contributed by atoms with van der Waals surface area (Å²) in [6.07, 6.45) is 0. The van der Waals surface area contributed by atoms with Crippen LogP contribution in [0.15, 0.2) is 163 Å². The Bertz CT molecular complexity index is 2770. The average molecular weight is 629 g/mol. The van der Waals surface area contributed by atoms with Gasteiger partial charge in [-0.1, -0.05) is 114 Å². The van der Waals surface area contributed by atoms with Crippen molar-refractivity contribution in [3.05, 3.63) is 196 Å². The number of aryl methyl sites for hydroxylation is 2. The van der Waals surface area contributed by atoms with E-state index in [0.29, 0.717) is 10.8 Å². The van der Waals surface area contributed by atoms with Crippen molar-refractivity contribution in [3.8, 4) is 16.8 Å². The van der Waals surface area contributed by atoms with E-state index in [1.54, 1.807) is 0 Å². The average Bonchev–Trinajstić information content (AvgIpc) is 3.62. The summed E-state index contributed by atoms with van der Waals surface area (Å²) in [5.41, 5.74) is 12.7. The topological polar surface area (TPSA) is 26.9 Å². The summed E-state index contributed by atoms with van der Waals surface area (Å²) in [4.78, 5) is 14.6. The van der Waals surface area contributed by atoms with Crippen molar-refractivity contribution >= 4 is 43.6 Å². The molecule has 0 bridgehead atoms. The van der Waals surface area contributed by atoms with E-state index >= 15 is 0 Å². The van der Waals surface area contributed by atoms with Crippen molar-refractivity contribution < 1.29 is 0 Å². The van der Waals surface area contributed by atoms with Crippen molar-refractivity contribution in [3.63, 3.8) is 0 Å². The minimum Gasteiger partial charge on any atom is -0.322 e. The van der Waals surface area contributed by atoms with Gasteiger partial charge in [0.1, 0.15) is 5.54 Å². The zero-order valence-electron chi connectivity index (χ0n) is 27.3. The molecule has 0 saturated carbocycles. The number of hydrogen-bond acceptors (Lipinski definition) is 1. The Kier molecular flexibility index (Phi) is 5.78. The molecular weight excluding hydrogens is 597 g/mol. The highest BCUT2D eigenvalue weighted by Gasteiger charge is 2.49. The lowest BCUT2D eigenvalue weighted by molar-refractivity contribution is 0.567. The predicted octanol–water partition coefficient (Wildman–Crippen LogP) is 10.7. The van der Waals surface area contributed by atoms with Gasteiger partial charge in [-0.2, -0.15) is 0 Å². The molecule has 9 aromatic rings. The smallest absolute Gasteiger partial charge is 0.197 e. The monoisotopic (exact) mass is 628 g/mol. The summed E-state index contributed by atoms with van der Waals surface area (Å²) in [6, 6.07) is 56.2. The molecule has 2 heterocycles. The fourth-order valence-corrected chi connectivity index (χ4v) is 8.71. The number of fused-ring (bicyclic) bond motifs is 8. The third-order valence-electron chi connectivity index (χ3n) is 10.6. The first kappa shape index (κ1) is 27.9. The third kappa shape index (κ3) is 3.65. The number of pyridine rings is 1. The van der Waals surface area contributed by atoms with Gasteiger partial charge < -0.3 is 9.13 Å². The molecule has 0 radical (unpaired) electrons. The Morgan fingerprint density at radius 1 is 0.449 bits per heavy atom. The van der Waals surface area contributed by atoms with Crippen LogP contribution in [0.5, 0.6) is 0 Å². The minimum atomic E-state index is -0.817. The van der Waals surface area contributed by atoms with E-state index in [4.69, 9.17) is 0 Å². The minimum absolute atomic E-state index is 0.0443. The van der Waals surface area contributed by atoms with E-state index in [-0.39, 0.29) is 5.43 Å². The molecule has 0 unspecified atom stereocenters. The Hall–Kier alpha value is -6.19. The van der Waals surface area contributed by atoms with Crippen molar-refractivity contribution in [2.75, 3.05) is 0 Å². The molecule has 1 aliphatic carbocycles. The second-order valence-corrected chi connectivity index (χ2v) is 13.4. The maximum Gasteiger partial charge on any atom is 0.197 e. The summed E-state index contributed by atoms with van der Waals surface area (Å²) in [5.74, 6) is 0. The lowest BCUT2D eigenvalue weighted by Gasteiger charge is -2.38. The quantitative estimate of drug-likeness (QED) is 0.179. The van der Waals surface area contributed by atoms with Crippen LogP contribution in [0.25, 0.3) is 60.4 Å². The SMILES string of the molecule is Cc1ccc2c(c1)c1cc(C)ccc1n2C1(c2cccc3c(=O)c4ccccc4n(-c4ccccc4)c23)c2ccccc2-c2ccccc21. The molecule has 0 atom stereocenters. The molecule has 2 aromatic heterocycles. The highest BCUT2D eigenvalue weighted by Crippen LogP contribution is 2.57. The first-order chi connectivity index (χ1) is 24.1. The number of aromatic nitrogens is 2. The largest absolute Gasteiger partial charge is 0.322 e. The van der Waals surface area contributed by atoms with E-state index in [1.807, 2.05) is 30.3 Å². The van der Waals surface area contributed by atoms with Gasteiger partial charge in [-0.3, -0.25) is 4.79 Å². The normalized spacial score (nSPS) is 13.3. The molecule has 0 N–H and O–H groups in total. The van der Waals surface area contributed by atoms with Gasteiger partial charge in [0.25, 0.3) is 0 Å². The zero-order chi connectivity index (χ0) is 32.9. The number of para-hydroxylation sites is 3. The maximum absolute atomic E-state index is 14.6. The molecular formula is C46H32N2O. The number of rotatable bonds is 3. The third-order valence-corrected chi connectivity index (χ3v) is 10.6. The van der Waals surface area contributed by atoms with Crippen LogP contribution in [0.3, 0.4) is 0 Å². The highest BCUT2D eigenvalue weighted by atomic mass is 16.1. The summed E-state index contributed by atoms with van der Waals surface area (Å²) < 4.78 is 4.89. The van der Waals surface area contributed by atoms with E-state index in [9.17, 15) is 4.79 Å². The van der Waals surface area contributed by atoms with Gasteiger partial charge in [-0.05, 0) is 90.7 Å². The Morgan fingerprint density at radius 3 is 1.63 bits per heavy atom. The number of nitrogens with zero attached hydrogens (tertiary/aromatic N) is 2. The molecule has 49 heavy (non-hydrogen) atoms. The number of hydrogen-bond donors (Lipinski definition) is 0. The van der Waals surface area contributed by atoms with Crippen LogP contribution in [0.4, 0.5) is 0 Å². The molecule has 3 nitrogen and oxygen atoms in total. The Balaban J connectivity index is 1.52. The van der Waals surface area contributed by atoms with Gasteiger partial charge in [0.05, 0.1) is 22.1 Å². The van der Waals surface area contributed by atoms with E-state index < -0.39 is 5.54 Å². The summed E-state index contributed by atoms with van der Waals surface area (Å²) >= 11 is 0. The Morgan fingerprint density at radius 2 is 0.980 bits per heavy atom. The fourth-order valence-electron chi connectivity index (χ4n) is 8.71. The summed E-state index contributed by atoms with van der Waals surface area (Å²) in [7, 11) is 0. The van der Waals surface area contributed by atoms with Crippen molar-refractivity contribution in [2.45, 2.75) is 19.4 Å². The first-order valence-electron chi connectivity index (χ1n) is 16.9. The van der Waals surface area contributed by atoms with Crippen LogP contribution in [0.2, 0.25) is 0 Å². The van der Waals surface area contributed by atoms with E-state index in [0.717, 1.165) is 33.3 Å². The van der Waals surface area contributed by atoms with Crippen LogP contribution in [-0.2, 0) is 5.54 Å². The van der Waals surface area contributed by atoms with Crippen LogP contribution in [0.1, 0.15) is 27.8 Å². The van der Waals surface area contributed by atoms with Gasteiger partial charge in [0, 0.05) is 32.8 Å². The van der Waals surface area contributed by atoms with Crippen LogP contribution in [0, 0.1) is 13.8 Å². The van der Waals surface area contributed by atoms with Gasteiger partial charge >= 0.3 is 0 Å². The van der Waals surface area contributed by atoms with Gasteiger partial charge in [-0.25, -0.2) is 0 Å². The van der Waals surface area contributed by atoms with E-state index in [2.05, 4.69) is 150 Å². The summed E-state index contributed by atoms with van der Waals surface area (Å²) in [5, 5.41) is 3.87. The van der Waals surface area contributed by atoms with Crippen molar-refractivity contribution in [1.82, 2.24) is 9.13 Å². The molecule has 232 valence electrons. The van der Waals surface area contributed by atoms with Crippen LogP contribution < -0.4 is 5.43 Å². The second kappa shape index (κ2) is 10.2. The van der Waals surface area contributed by atoms with E-state index in [1.165, 1.54) is 44.2 Å².